The number of aliphatic hydroxyl groups excluding tert-OH is 7. The Morgan fingerprint density at radius 3 is 1.16 bits per heavy atom. The third-order valence-corrected chi connectivity index (χ3v) is 13.7. The van der Waals surface area contributed by atoms with Gasteiger partial charge < -0.3 is 50.5 Å². The number of aliphatic hydroxyl groups is 7. The van der Waals surface area contributed by atoms with Crippen LogP contribution in [0.2, 0.25) is 0 Å². The Morgan fingerprint density at radius 2 is 0.812 bits per heavy atom. The molecule has 0 spiro atoms. The van der Waals surface area contributed by atoms with Crippen molar-refractivity contribution in [3.05, 3.63) is 0 Å². The summed E-state index contributed by atoms with van der Waals surface area (Å²) in [5.74, 6) is -0.691. The molecule has 0 saturated carbocycles. The minimum absolute atomic E-state index is 0.267. The molecule has 9 atom stereocenters. The minimum atomic E-state index is -1.66. The molecule has 382 valence electrons. The van der Waals surface area contributed by atoms with Crippen LogP contribution in [0.3, 0.4) is 0 Å². The number of carbonyl (C=O) groups excluding carboxylic acids is 1. The summed E-state index contributed by atoms with van der Waals surface area (Å²) in [6, 6.07) is -1.16. The molecular weight excluding hydrogens is 811 g/mol. The number of hydrogen-bond donors (Lipinski definition) is 8. The van der Waals surface area contributed by atoms with Crippen LogP contribution in [0.1, 0.15) is 264 Å². The molecule has 0 radical (unpaired) electrons. The molecule has 11 heteroatoms. The highest BCUT2D eigenvalue weighted by molar-refractivity contribution is 5.80. The van der Waals surface area contributed by atoms with E-state index in [0.29, 0.717) is 19.3 Å². The van der Waals surface area contributed by atoms with Crippen LogP contribution in [-0.4, -0.2) is 110 Å². The largest absolute Gasteiger partial charge is 0.394 e. The summed E-state index contributed by atoms with van der Waals surface area (Å²) in [5, 5.41) is 76.0. The first-order valence-electron chi connectivity index (χ1n) is 27.4. The quantitative estimate of drug-likeness (QED) is 0.0273. The van der Waals surface area contributed by atoms with Gasteiger partial charge in [0.25, 0.3) is 0 Å². The number of ether oxygens (including phenoxy) is 2. The van der Waals surface area contributed by atoms with Crippen molar-refractivity contribution in [3.8, 4) is 0 Å². The van der Waals surface area contributed by atoms with Gasteiger partial charge >= 0.3 is 0 Å². The average molecular weight is 916 g/mol. The van der Waals surface area contributed by atoms with E-state index in [1.807, 2.05) is 0 Å². The molecule has 0 bridgehead atoms. The normalized spacial score (nSPS) is 20.9. The Kier molecular flexibility index (Phi) is 41.4. The summed E-state index contributed by atoms with van der Waals surface area (Å²) < 4.78 is 11.1. The molecule has 1 saturated heterocycles. The van der Waals surface area contributed by atoms with Gasteiger partial charge in [0.15, 0.2) is 6.29 Å². The minimum Gasteiger partial charge on any atom is -0.394 e. The highest BCUT2D eigenvalue weighted by atomic mass is 16.7. The third kappa shape index (κ3) is 32.0. The first-order valence-corrected chi connectivity index (χ1v) is 27.4. The zero-order valence-corrected chi connectivity index (χ0v) is 41.5. The molecule has 64 heavy (non-hydrogen) atoms. The summed E-state index contributed by atoms with van der Waals surface area (Å²) >= 11 is 0. The molecule has 0 aromatic heterocycles. The fourth-order valence-corrected chi connectivity index (χ4v) is 9.15. The average Bonchev–Trinajstić information content (AvgIpc) is 3.29. The monoisotopic (exact) mass is 916 g/mol. The first-order chi connectivity index (χ1) is 31.2. The van der Waals surface area contributed by atoms with Crippen molar-refractivity contribution in [1.82, 2.24) is 5.32 Å². The van der Waals surface area contributed by atoms with Gasteiger partial charge in [0.2, 0.25) is 5.91 Å². The predicted molar refractivity (Wildman–Crippen MR) is 261 cm³/mol. The predicted octanol–water partition coefficient (Wildman–Crippen LogP) is 10.6. The molecule has 0 aromatic rings. The Labute approximate surface area is 392 Å². The van der Waals surface area contributed by atoms with Crippen LogP contribution in [0.5, 0.6) is 0 Å². The second-order valence-electron chi connectivity index (χ2n) is 19.7. The van der Waals surface area contributed by atoms with E-state index in [4.69, 9.17) is 9.47 Å². The number of amides is 1. The maximum Gasteiger partial charge on any atom is 0.249 e. The van der Waals surface area contributed by atoms with Gasteiger partial charge in [-0.3, -0.25) is 4.79 Å². The van der Waals surface area contributed by atoms with E-state index in [1.165, 1.54) is 186 Å². The third-order valence-electron chi connectivity index (χ3n) is 13.7. The lowest BCUT2D eigenvalue weighted by Crippen LogP contribution is -2.60. The van der Waals surface area contributed by atoms with Gasteiger partial charge in [0.1, 0.15) is 36.6 Å². The summed E-state index contributed by atoms with van der Waals surface area (Å²) in [6.45, 7) is 3.48. The number of rotatable bonds is 47. The van der Waals surface area contributed by atoms with E-state index in [1.54, 1.807) is 0 Å². The van der Waals surface area contributed by atoms with Crippen molar-refractivity contribution in [3.63, 3.8) is 0 Å². The highest BCUT2D eigenvalue weighted by Gasteiger charge is 2.44. The smallest absolute Gasteiger partial charge is 0.249 e. The van der Waals surface area contributed by atoms with Crippen molar-refractivity contribution in [1.29, 1.82) is 0 Å². The molecule has 1 aliphatic rings. The lowest BCUT2D eigenvalue weighted by Gasteiger charge is -2.40. The van der Waals surface area contributed by atoms with E-state index >= 15 is 0 Å². The maximum absolute atomic E-state index is 13.1. The van der Waals surface area contributed by atoms with Crippen LogP contribution < -0.4 is 5.32 Å². The summed E-state index contributed by atoms with van der Waals surface area (Å²) in [7, 11) is 0. The molecule has 0 aliphatic carbocycles. The lowest BCUT2D eigenvalue weighted by atomic mass is 9.98. The molecule has 11 nitrogen and oxygen atoms in total. The first kappa shape index (κ1) is 61.1. The standard InChI is InChI=1S/C53H105NO10/c1-3-5-7-9-11-13-15-17-19-20-21-22-23-24-25-26-27-29-31-33-35-37-39-41-46(57)52(62)54-44(43-63-53-51(61)50(60)49(59)47(42-55)64-53)48(58)45(56)40-38-36-34-32-30-28-18-16-14-12-10-8-6-4-2/h44-51,53,55-61H,3-43H2,1-2H3,(H,54,62). The van der Waals surface area contributed by atoms with Crippen molar-refractivity contribution < 1.29 is 50.0 Å². The molecule has 0 aromatic carbocycles. The van der Waals surface area contributed by atoms with Crippen LogP contribution in [0.4, 0.5) is 0 Å². The zero-order valence-electron chi connectivity index (χ0n) is 41.5. The number of unbranched alkanes of at least 4 members (excludes halogenated alkanes) is 35. The molecule has 1 aliphatic heterocycles. The second-order valence-corrected chi connectivity index (χ2v) is 19.7. The molecule has 8 N–H and O–H groups in total. The van der Waals surface area contributed by atoms with Crippen LogP contribution in [0.25, 0.3) is 0 Å². The van der Waals surface area contributed by atoms with Crippen molar-refractivity contribution in [2.75, 3.05) is 13.2 Å². The fraction of sp³-hybridized carbons (Fsp3) is 0.981. The lowest BCUT2D eigenvalue weighted by molar-refractivity contribution is -0.303. The van der Waals surface area contributed by atoms with Crippen LogP contribution in [0.15, 0.2) is 0 Å². The summed E-state index contributed by atoms with van der Waals surface area (Å²) in [4.78, 5) is 13.1. The SMILES string of the molecule is CCCCCCCCCCCCCCCCCCCCCCCCCC(O)C(=O)NC(COC1OC(CO)C(O)C(O)C1O)C(O)C(O)CCCCCCCCCCCCCCCC. The van der Waals surface area contributed by atoms with Crippen molar-refractivity contribution in [2.45, 2.75) is 319 Å². The molecule has 1 fully saturated rings. The number of nitrogens with one attached hydrogen (secondary N) is 1. The molecule has 1 rings (SSSR count). The number of hydrogen-bond acceptors (Lipinski definition) is 10. The van der Waals surface area contributed by atoms with Gasteiger partial charge in [-0.2, -0.15) is 0 Å². The maximum atomic E-state index is 13.1. The van der Waals surface area contributed by atoms with Gasteiger partial charge in [0.05, 0.1) is 25.4 Å². The van der Waals surface area contributed by atoms with Crippen molar-refractivity contribution in [2.24, 2.45) is 0 Å². The molecule has 1 amide bonds. The fourth-order valence-electron chi connectivity index (χ4n) is 9.15. The van der Waals surface area contributed by atoms with Gasteiger partial charge in [0, 0.05) is 0 Å². The van der Waals surface area contributed by atoms with E-state index in [-0.39, 0.29) is 6.42 Å². The van der Waals surface area contributed by atoms with Crippen LogP contribution in [-0.2, 0) is 14.3 Å². The Hall–Kier alpha value is -0.890. The number of carbonyl (C=O) groups is 1. The van der Waals surface area contributed by atoms with Crippen LogP contribution in [0, 0.1) is 0 Å². The van der Waals surface area contributed by atoms with E-state index in [2.05, 4.69) is 19.2 Å². The Balaban J connectivity index is 2.30. The van der Waals surface area contributed by atoms with E-state index in [0.717, 1.165) is 38.5 Å². The molecular formula is C53H105NO10. The zero-order chi connectivity index (χ0) is 46.9. The van der Waals surface area contributed by atoms with Gasteiger partial charge in [-0.15, -0.1) is 0 Å². The van der Waals surface area contributed by atoms with Crippen molar-refractivity contribution >= 4 is 5.91 Å². The second kappa shape index (κ2) is 43.4. The highest BCUT2D eigenvalue weighted by Crippen LogP contribution is 2.23. The summed E-state index contributed by atoms with van der Waals surface area (Å²) in [5.41, 5.74) is 0. The van der Waals surface area contributed by atoms with E-state index in [9.17, 15) is 40.5 Å². The topological polar surface area (TPSA) is 189 Å². The van der Waals surface area contributed by atoms with Gasteiger partial charge in [-0.1, -0.05) is 251 Å². The molecule has 9 unspecified atom stereocenters. The van der Waals surface area contributed by atoms with Gasteiger partial charge in [-0.05, 0) is 12.8 Å². The molecule has 1 heterocycles. The van der Waals surface area contributed by atoms with E-state index < -0.39 is 74.2 Å². The van der Waals surface area contributed by atoms with Gasteiger partial charge in [-0.25, -0.2) is 0 Å². The summed E-state index contributed by atoms with van der Waals surface area (Å²) in [6.07, 6.45) is 35.8. The Morgan fingerprint density at radius 1 is 0.484 bits per heavy atom. The van der Waals surface area contributed by atoms with Crippen LogP contribution >= 0.6 is 0 Å². The Bertz CT molecular complexity index is 1010.